The summed E-state index contributed by atoms with van der Waals surface area (Å²) in [5, 5.41) is 3.86. The van der Waals surface area contributed by atoms with Crippen LogP contribution >= 0.6 is 46.4 Å². The van der Waals surface area contributed by atoms with Crippen LogP contribution in [0.1, 0.15) is 33.3 Å². The van der Waals surface area contributed by atoms with Crippen LogP contribution in [0.5, 0.6) is 0 Å². The first-order valence-corrected chi connectivity index (χ1v) is 15.1. The number of carbonyl (C=O) groups is 2. The molecule has 2 amide bonds. The number of halogens is 4. The minimum atomic E-state index is -4.28. The average molecular weight is 645 g/mol. The van der Waals surface area contributed by atoms with E-state index in [1.54, 1.807) is 37.3 Å². The van der Waals surface area contributed by atoms with Crippen molar-refractivity contribution in [1.82, 2.24) is 10.2 Å². The number of carbonyl (C=O) groups excluding carboxylic acids is 2. The van der Waals surface area contributed by atoms with E-state index in [9.17, 15) is 18.0 Å². The molecule has 0 saturated carbocycles. The van der Waals surface area contributed by atoms with Crippen LogP contribution in [-0.2, 0) is 26.2 Å². The highest BCUT2D eigenvalue weighted by Crippen LogP contribution is 2.33. The summed E-state index contributed by atoms with van der Waals surface area (Å²) < 4.78 is 28.6. The summed E-state index contributed by atoms with van der Waals surface area (Å²) in [6.45, 7) is 6.25. The predicted octanol–water partition coefficient (Wildman–Crippen LogP) is 6.83. The largest absolute Gasteiger partial charge is 0.350 e. The smallest absolute Gasteiger partial charge is 0.264 e. The monoisotopic (exact) mass is 643 g/mol. The Morgan fingerprint density at radius 2 is 1.48 bits per heavy atom. The molecule has 12 heteroatoms. The second kappa shape index (κ2) is 13.0. The Balaban J connectivity index is 2.09. The zero-order valence-electron chi connectivity index (χ0n) is 22.3. The van der Waals surface area contributed by atoms with Gasteiger partial charge in [-0.3, -0.25) is 13.9 Å². The minimum Gasteiger partial charge on any atom is -0.350 e. The SMILES string of the molecule is CC(C(=O)NC(C)(C)C)N(Cc1ccc(Cl)cc1Cl)C(=O)CN(c1cc(Cl)ccc1Cl)S(=O)(=O)c1ccccc1. The van der Waals surface area contributed by atoms with Gasteiger partial charge in [0.05, 0.1) is 15.6 Å². The lowest BCUT2D eigenvalue weighted by molar-refractivity contribution is -0.140. The third kappa shape index (κ3) is 8.04. The molecule has 0 aromatic heterocycles. The van der Waals surface area contributed by atoms with Crippen molar-refractivity contribution in [3.8, 4) is 0 Å². The lowest BCUT2D eigenvalue weighted by Gasteiger charge is -2.34. The van der Waals surface area contributed by atoms with Crippen molar-refractivity contribution < 1.29 is 18.0 Å². The molecular formula is C28H29Cl4N3O4S. The van der Waals surface area contributed by atoms with Gasteiger partial charge in [-0.15, -0.1) is 0 Å². The average Bonchev–Trinajstić information content (AvgIpc) is 2.87. The zero-order chi connectivity index (χ0) is 29.8. The fourth-order valence-corrected chi connectivity index (χ4v) is 6.15. The molecule has 0 bridgehead atoms. The van der Waals surface area contributed by atoms with Crippen molar-refractivity contribution in [3.05, 3.63) is 92.4 Å². The van der Waals surface area contributed by atoms with E-state index in [0.717, 1.165) is 4.31 Å². The van der Waals surface area contributed by atoms with E-state index in [0.29, 0.717) is 15.6 Å². The van der Waals surface area contributed by atoms with Gasteiger partial charge in [0, 0.05) is 27.2 Å². The Bertz CT molecular complexity index is 1500. The molecule has 0 fully saturated rings. The Morgan fingerprint density at radius 1 is 0.875 bits per heavy atom. The molecule has 214 valence electrons. The molecule has 1 unspecified atom stereocenters. The molecule has 3 rings (SSSR count). The van der Waals surface area contributed by atoms with Crippen LogP contribution in [0.4, 0.5) is 5.69 Å². The molecule has 7 nitrogen and oxygen atoms in total. The fraction of sp³-hybridized carbons (Fsp3) is 0.286. The summed E-state index contributed by atoms with van der Waals surface area (Å²) in [6.07, 6.45) is 0. The highest BCUT2D eigenvalue weighted by atomic mass is 35.5. The molecular weight excluding hydrogens is 616 g/mol. The van der Waals surface area contributed by atoms with Crippen molar-refractivity contribution in [1.29, 1.82) is 0 Å². The number of hydrogen-bond acceptors (Lipinski definition) is 4. The van der Waals surface area contributed by atoms with Crippen molar-refractivity contribution in [2.24, 2.45) is 0 Å². The number of anilines is 1. The van der Waals surface area contributed by atoms with Crippen LogP contribution in [0, 0.1) is 0 Å². The van der Waals surface area contributed by atoms with Crippen LogP contribution < -0.4 is 9.62 Å². The molecule has 0 radical (unpaired) electrons. The molecule has 3 aromatic carbocycles. The van der Waals surface area contributed by atoms with E-state index in [-0.39, 0.29) is 27.2 Å². The topological polar surface area (TPSA) is 86.8 Å². The molecule has 0 spiro atoms. The van der Waals surface area contributed by atoms with Crippen molar-refractivity contribution in [2.75, 3.05) is 10.8 Å². The molecule has 1 atom stereocenters. The number of hydrogen-bond donors (Lipinski definition) is 1. The second-order valence-corrected chi connectivity index (χ2v) is 13.6. The maximum atomic E-state index is 14.0. The van der Waals surface area contributed by atoms with Crippen molar-refractivity contribution in [2.45, 2.75) is 50.7 Å². The quantitative estimate of drug-likeness (QED) is 0.277. The number of nitrogens with zero attached hydrogens (tertiary/aromatic N) is 2. The van der Waals surface area contributed by atoms with Crippen molar-refractivity contribution in [3.63, 3.8) is 0 Å². The first-order valence-electron chi connectivity index (χ1n) is 12.2. The van der Waals surface area contributed by atoms with Crippen LogP contribution in [0.15, 0.2) is 71.6 Å². The maximum Gasteiger partial charge on any atom is 0.264 e. The fourth-order valence-electron chi connectivity index (χ4n) is 3.80. The van der Waals surface area contributed by atoms with Crippen LogP contribution in [0.2, 0.25) is 20.1 Å². The Labute approximate surface area is 255 Å². The Hall–Kier alpha value is -2.49. The van der Waals surface area contributed by atoms with Gasteiger partial charge >= 0.3 is 0 Å². The molecule has 1 N–H and O–H groups in total. The summed E-state index contributed by atoms with van der Waals surface area (Å²) >= 11 is 25.1. The van der Waals surface area contributed by atoms with Gasteiger partial charge in [-0.1, -0.05) is 70.7 Å². The summed E-state index contributed by atoms with van der Waals surface area (Å²) in [5.41, 5.74) is -0.0367. The molecule has 0 heterocycles. The van der Waals surface area contributed by atoms with Crippen LogP contribution in [-0.4, -0.2) is 43.3 Å². The first-order chi connectivity index (χ1) is 18.6. The van der Waals surface area contributed by atoms with Gasteiger partial charge in [-0.2, -0.15) is 0 Å². The number of sulfonamides is 1. The molecule has 40 heavy (non-hydrogen) atoms. The summed E-state index contributed by atoms with van der Waals surface area (Å²) in [6, 6.07) is 15.8. The third-order valence-electron chi connectivity index (χ3n) is 5.81. The number of benzene rings is 3. The first kappa shape index (κ1) is 32.0. The van der Waals surface area contributed by atoms with Crippen LogP contribution in [0.3, 0.4) is 0 Å². The summed E-state index contributed by atoms with van der Waals surface area (Å²) in [4.78, 5) is 28.4. The van der Waals surface area contributed by atoms with Gasteiger partial charge in [-0.05, 0) is 75.7 Å². The predicted molar refractivity (Wildman–Crippen MR) is 162 cm³/mol. The molecule has 0 aliphatic rings. The van der Waals surface area contributed by atoms with E-state index >= 15 is 0 Å². The number of amides is 2. The van der Waals surface area contributed by atoms with E-state index in [1.807, 2.05) is 20.8 Å². The molecule has 0 aliphatic heterocycles. The van der Waals surface area contributed by atoms with E-state index in [2.05, 4.69) is 5.32 Å². The molecule has 0 aliphatic carbocycles. The normalized spacial score (nSPS) is 12.5. The van der Waals surface area contributed by atoms with Gasteiger partial charge in [0.1, 0.15) is 12.6 Å². The Kier molecular flexibility index (Phi) is 10.4. The highest BCUT2D eigenvalue weighted by Gasteiger charge is 2.34. The Morgan fingerprint density at radius 3 is 2.08 bits per heavy atom. The van der Waals surface area contributed by atoms with Gasteiger partial charge in [0.25, 0.3) is 10.0 Å². The van der Waals surface area contributed by atoms with Crippen molar-refractivity contribution >= 4 is 73.9 Å². The lowest BCUT2D eigenvalue weighted by Crippen LogP contribution is -2.54. The van der Waals surface area contributed by atoms with Gasteiger partial charge in [-0.25, -0.2) is 8.42 Å². The van der Waals surface area contributed by atoms with E-state index in [4.69, 9.17) is 46.4 Å². The third-order valence-corrected chi connectivity index (χ3v) is 8.72. The summed E-state index contributed by atoms with van der Waals surface area (Å²) in [5.74, 6) is -1.10. The van der Waals surface area contributed by atoms with E-state index in [1.165, 1.54) is 41.3 Å². The number of rotatable bonds is 9. The zero-order valence-corrected chi connectivity index (χ0v) is 26.1. The van der Waals surface area contributed by atoms with Gasteiger partial charge in [0.2, 0.25) is 11.8 Å². The van der Waals surface area contributed by atoms with Gasteiger partial charge < -0.3 is 10.2 Å². The summed E-state index contributed by atoms with van der Waals surface area (Å²) in [7, 11) is -4.28. The molecule has 3 aromatic rings. The van der Waals surface area contributed by atoms with Crippen LogP contribution in [0.25, 0.3) is 0 Å². The molecule has 0 saturated heterocycles. The maximum absolute atomic E-state index is 14.0. The van der Waals surface area contributed by atoms with Gasteiger partial charge in [0.15, 0.2) is 0 Å². The number of nitrogens with one attached hydrogen (secondary N) is 1. The lowest BCUT2D eigenvalue weighted by atomic mass is 10.1. The van der Waals surface area contributed by atoms with E-state index < -0.39 is 40.0 Å². The highest BCUT2D eigenvalue weighted by molar-refractivity contribution is 7.92. The minimum absolute atomic E-state index is 0.0163. The second-order valence-electron chi connectivity index (χ2n) is 10.1. The standard InChI is InChI=1S/C28H29Cl4N3O4S/c1-18(27(37)33-28(2,3)4)34(16-19-10-11-20(29)14-24(19)32)26(36)17-35(25-15-21(30)12-13-23(25)31)40(38,39)22-8-6-5-7-9-22/h5-15,18H,16-17H2,1-4H3,(H,33,37).